The van der Waals surface area contributed by atoms with E-state index >= 15 is 0 Å². The molecule has 0 unspecified atom stereocenters. The number of aromatic amines is 1. The maximum absolute atomic E-state index is 5.35. The number of hydrogen-bond donors (Lipinski definition) is 1. The Morgan fingerprint density at radius 1 is 1.50 bits per heavy atom. The number of H-pyrrole nitrogens is 1. The molecule has 0 aromatic carbocycles. The molecule has 0 aliphatic carbocycles. The van der Waals surface area contributed by atoms with Gasteiger partial charge in [0.15, 0.2) is 0 Å². The molecule has 12 heavy (non-hydrogen) atoms. The van der Waals surface area contributed by atoms with Gasteiger partial charge in [0.2, 0.25) is 0 Å². The van der Waals surface area contributed by atoms with Crippen molar-refractivity contribution in [3.8, 4) is 0 Å². The number of nitrogens with one attached hydrogen (secondary N) is 1. The van der Waals surface area contributed by atoms with E-state index in [1.165, 1.54) is 0 Å². The van der Waals surface area contributed by atoms with Crippen LogP contribution in [0.1, 0.15) is 0 Å². The Balaban J connectivity index is 0. The van der Waals surface area contributed by atoms with Crippen LogP contribution in [0.3, 0.4) is 0 Å². The molecular weight excluding hydrogens is 197 g/mol. The highest BCUT2D eigenvalue weighted by Crippen LogP contribution is 1.75. The summed E-state index contributed by atoms with van der Waals surface area (Å²) in [5.74, 6) is 0.729. The summed E-state index contributed by atoms with van der Waals surface area (Å²) in [6.07, 6.45) is 5.08. The van der Waals surface area contributed by atoms with Crippen molar-refractivity contribution in [2.45, 2.75) is 0 Å². The van der Waals surface area contributed by atoms with Crippen molar-refractivity contribution < 1.29 is 0 Å². The van der Waals surface area contributed by atoms with Crippen LogP contribution in [0.4, 0.5) is 0 Å². The predicted molar refractivity (Wildman–Crippen MR) is 55.1 cm³/mol. The van der Waals surface area contributed by atoms with Crippen LogP contribution >= 0.6 is 24.0 Å². The van der Waals surface area contributed by atoms with Crippen molar-refractivity contribution in [3.05, 3.63) is 18.7 Å². The molecule has 72 valence electrons. The van der Waals surface area contributed by atoms with Crippen LogP contribution in [0, 0.1) is 0 Å². The molecule has 1 aromatic rings. The average Bonchev–Trinajstić information content (AvgIpc) is 2.41. The van der Waals surface area contributed by atoms with Crippen molar-refractivity contribution in [1.82, 2.24) is 14.9 Å². The van der Waals surface area contributed by atoms with Gasteiger partial charge in [-0.25, -0.2) is 4.98 Å². The monoisotopic (exact) mass is 211 g/mol. The van der Waals surface area contributed by atoms with Gasteiger partial charge in [-0.15, -0.1) is 24.0 Å². The van der Waals surface area contributed by atoms with Gasteiger partial charge in [0.05, 0.1) is 6.33 Å². The lowest BCUT2D eigenvalue weighted by molar-refractivity contribution is 0.436. The zero-order valence-electron chi connectivity index (χ0n) is 7.33. The van der Waals surface area contributed by atoms with Crippen molar-refractivity contribution >= 4 is 24.0 Å². The molecule has 0 radical (unpaired) electrons. The Labute approximate surface area is 84.5 Å². The lowest BCUT2D eigenvalue weighted by Crippen LogP contribution is -2.13. The molecule has 0 bridgehead atoms. The van der Waals surface area contributed by atoms with Crippen molar-refractivity contribution in [2.75, 3.05) is 26.5 Å². The predicted octanol–water partition coefficient (Wildman–Crippen LogP) is 1.62. The molecule has 0 aliphatic rings. The van der Waals surface area contributed by atoms with Gasteiger partial charge in [-0.3, -0.25) is 0 Å². The molecular formula is C7H15Cl2N3. The van der Waals surface area contributed by atoms with E-state index in [0.717, 1.165) is 12.4 Å². The highest BCUT2D eigenvalue weighted by atomic mass is 35.5. The highest BCUT2D eigenvalue weighted by molar-refractivity contribution is 6.18. The topological polar surface area (TPSA) is 31.9 Å². The minimum absolute atomic E-state index is 0. The number of aromatic nitrogens is 2. The molecule has 3 nitrogen and oxygen atoms in total. The molecule has 1 aromatic heterocycles. The molecule has 0 amide bonds. The van der Waals surface area contributed by atoms with Crippen LogP contribution in [0.15, 0.2) is 18.7 Å². The quantitative estimate of drug-likeness (QED) is 0.755. The molecule has 1 N–H and O–H groups in total. The number of rotatable bonds is 2. The minimum atomic E-state index is 0. The second-order valence-electron chi connectivity index (χ2n) is 2.25. The van der Waals surface area contributed by atoms with E-state index in [1.54, 1.807) is 18.7 Å². The standard InChI is InChI=1S/C4H10ClN.C3H4N2.ClH/c1-6(2)4-3-5;1-2-5-3-4-1;/h3-4H2,1-2H3;1-3H,(H,4,5);1H. The Morgan fingerprint density at radius 2 is 2.17 bits per heavy atom. The Kier molecular flexibility index (Phi) is 12.8. The molecule has 0 saturated carbocycles. The third-order valence-corrected chi connectivity index (χ3v) is 1.11. The summed E-state index contributed by atoms with van der Waals surface area (Å²) in [6.45, 7) is 0.974. The van der Waals surface area contributed by atoms with Gasteiger partial charge in [0.25, 0.3) is 0 Å². The van der Waals surface area contributed by atoms with E-state index < -0.39 is 0 Å². The normalized spacial score (nSPS) is 8.33. The lowest BCUT2D eigenvalue weighted by Gasteiger charge is -2.02. The summed E-state index contributed by atoms with van der Waals surface area (Å²) in [5, 5.41) is 0. The van der Waals surface area contributed by atoms with E-state index in [4.69, 9.17) is 11.6 Å². The third-order valence-electron chi connectivity index (χ3n) is 0.938. The lowest BCUT2D eigenvalue weighted by atomic mass is 10.7. The van der Waals surface area contributed by atoms with Crippen molar-refractivity contribution in [3.63, 3.8) is 0 Å². The summed E-state index contributed by atoms with van der Waals surface area (Å²) in [5.41, 5.74) is 0. The summed E-state index contributed by atoms with van der Waals surface area (Å²) in [4.78, 5) is 8.47. The van der Waals surface area contributed by atoms with Crippen LogP contribution in [0.2, 0.25) is 0 Å². The van der Waals surface area contributed by atoms with E-state index in [9.17, 15) is 0 Å². The maximum atomic E-state index is 5.35. The molecule has 0 fully saturated rings. The van der Waals surface area contributed by atoms with E-state index in [2.05, 4.69) is 9.97 Å². The van der Waals surface area contributed by atoms with Gasteiger partial charge >= 0.3 is 0 Å². The minimum Gasteiger partial charge on any atom is -0.351 e. The van der Waals surface area contributed by atoms with Crippen molar-refractivity contribution in [2.24, 2.45) is 0 Å². The molecule has 1 rings (SSSR count). The van der Waals surface area contributed by atoms with Crippen molar-refractivity contribution in [1.29, 1.82) is 0 Å². The SMILES string of the molecule is CN(C)CCCl.Cl.c1c[nH]cn1. The van der Waals surface area contributed by atoms with Crippen LogP contribution in [0.25, 0.3) is 0 Å². The molecule has 0 saturated heterocycles. The number of alkyl halides is 1. The van der Waals surface area contributed by atoms with Gasteiger partial charge < -0.3 is 9.88 Å². The van der Waals surface area contributed by atoms with Gasteiger partial charge in [-0.1, -0.05) is 0 Å². The third kappa shape index (κ3) is 12.4. The van der Waals surface area contributed by atoms with E-state index in [1.807, 2.05) is 19.0 Å². The van der Waals surface area contributed by atoms with E-state index in [0.29, 0.717) is 0 Å². The van der Waals surface area contributed by atoms with Crippen LogP contribution in [-0.2, 0) is 0 Å². The molecule has 1 heterocycles. The second kappa shape index (κ2) is 10.8. The molecule has 0 spiro atoms. The van der Waals surface area contributed by atoms with E-state index in [-0.39, 0.29) is 12.4 Å². The first-order valence-electron chi connectivity index (χ1n) is 3.40. The number of halogens is 2. The first-order valence-corrected chi connectivity index (χ1v) is 3.94. The summed E-state index contributed by atoms with van der Waals surface area (Å²) >= 11 is 5.35. The molecule has 5 heteroatoms. The number of hydrogen-bond acceptors (Lipinski definition) is 2. The first-order chi connectivity index (χ1) is 5.27. The summed E-state index contributed by atoms with van der Waals surface area (Å²) in [7, 11) is 4.00. The zero-order chi connectivity index (χ0) is 8.53. The Bertz CT molecular complexity index is 125. The number of nitrogens with zero attached hydrogens (tertiary/aromatic N) is 2. The summed E-state index contributed by atoms with van der Waals surface area (Å²) in [6, 6.07) is 0. The Morgan fingerprint density at radius 3 is 2.25 bits per heavy atom. The number of imidazole rings is 1. The van der Waals surface area contributed by atoms with Crippen LogP contribution in [0.5, 0.6) is 0 Å². The fourth-order valence-corrected chi connectivity index (χ4v) is 0.722. The van der Waals surface area contributed by atoms with Gasteiger partial charge in [-0.05, 0) is 14.1 Å². The zero-order valence-corrected chi connectivity index (χ0v) is 8.90. The Hall–Kier alpha value is -0.250. The van der Waals surface area contributed by atoms with Gasteiger partial charge in [0.1, 0.15) is 0 Å². The smallest absolute Gasteiger partial charge is 0.0919 e. The summed E-state index contributed by atoms with van der Waals surface area (Å²) < 4.78 is 0. The highest BCUT2D eigenvalue weighted by Gasteiger charge is 1.81. The average molecular weight is 212 g/mol. The van der Waals surface area contributed by atoms with Crippen LogP contribution < -0.4 is 0 Å². The second-order valence-corrected chi connectivity index (χ2v) is 2.63. The molecule has 0 aliphatic heterocycles. The van der Waals surface area contributed by atoms with Gasteiger partial charge in [0, 0.05) is 24.8 Å². The fraction of sp³-hybridized carbons (Fsp3) is 0.571. The van der Waals surface area contributed by atoms with Gasteiger partial charge in [-0.2, -0.15) is 0 Å². The first kappa shape index (κ1) is 14.3. The van der Waals surface area contributed by atoms with Crippen LogP contribution in [-0.4, -0.2) is 41.4 Å². The molecule has 0 atom stereocenters. The fourth-order valence-electron chi connectivity index (χ4n) is 0.384. The maximum Gasteiger partial charge on any atom is 0.0919 e. The largest absolute Gasteiger partial charge is 0.351 e.